The first kappa shape index (κ1) is 15.1. The van der Waals surface area contributed by atoms with Crippen molar-refractivity contribution in [1.82, 2.24) is 0 Å². The summed E-state index contributed by atoms with van der Waals surface area (Å²) in [6, 6.07) is 6.29. The Kier molecular flexibility index (Phi) is 5.20. The molecular formula is C15H18BrNO3. The highest BCUT2D eigenvalue weighted by Crippen LogP contribution is 2.31. The summed E-state index contributed by atoms with van der Waals surface area (Å²) in [5.41, 5.74) is 2.00. The molecule has 1 fully saturated rings. The lowest BCUT2D eigenvalue weighted by atomic mass is 10.1. The van der Waals surface area contributed by atoms with Gasteiger partial charge in [-0.1, -0.05) is 13.0 Å². The van der Waals surface area contributed by atoms with Crippen LogP contribution in [0.3, 0.4) is 0 Å². The molecule has 20 heavy (non-hydrogen) atoms. The molecule has 0 amide bonds. The van der Waals surface area contributed by atoms with Crippen LogP contribution in [-0.2, 0) is 9.53 Å². The molecule has 1 N–H and O–H groups in total. The molecule has 1 aliphatic heterocycles. The van der Waals surface area contributed by atoms with Gasteiger partial charge >= 0.3 is 5.97 Å². The molecular weight excluding hydrogens is 322 g/mol. The molecule has 1 aromatic rings. The molecule has 1 aliphatic rings. The number of carboxylic acid groups (broad SMARTS) is 1. The maximum absolute atomic E-state index is 10.5. The summed E-state index contributed by atoms with van der Waals surface area (Å²) in [6.45, 7) is 4.53. The number of carboxylic acids is 1. The van der Waals surface area contributed by atoms with Gasteiger partial charge in [0.15, 0.2) is 0 Å². The van der Waals surface area contributed by atoms with Crippen molar-refractivity contribution in [3.05, 3.63) is 34.3 Å². The highest BCUT2D eigenvalue weighted by molar-refractivity contribution is 9.10. The van der Waals surface area contributed by atoms with Crippen molar-refractivity contribution < 1.29 is 14.6 Å². The van der Waals surface area contributed by atoms with Crippen LogP contribution in [0.15, 0.2) is 28.7 Å². The first-order chi connectivity index (χ1) is 9.61. The second-order valence-electron chi connectivity index (χ2n) is 4.71. The van der Waals surface area contributed by atoms with Crippen molar-refractivity contribution in [3.63, 3.8) is 0 Å². The molecule has 0 aromatic heterocycles. The zero-order chi connectivity index (χ0) is 14.5. The molecule has 0 radical (unpaired) electrons. The van der Waals surface area contributed by atoms with Crippen LogP contribution in [0, 0.1) is 0 Å². The predicted octanol–water partition coefficient (Wildman–Crippen LogP) is 3.16. The molecule has 0 saturated carbocycles. The SMILES string of the molecule is CCC1COCCN1c1ccc(/C=C/C(=O)O)cc1Br. The van der Waals surface area contributed by atoms with Crippen molar-refractivity contribution in [2.75, 3.05) is 24.7 Å². The number of rotatable bonds is 4. The van der Waals surface area contributed by atoms with E-state index in [-0.39, 0.29) is 0 Å². The summed E-state index contributed by atoms with van der Waals surface area (Å²) < 4.78 is 6.50. The van der Waals surface area contributed by atoms with Crippen LogP contribution in [0.5, 0.6) is 0 Å². The van der Waals surface area contributed by atoms with Crippen molar-refractivity contribution in [2.45, 2.75) is 19.4 Å². The van der Waals surface area contributed by atoms with E-state index in [2.05, 4.69) is 27.8 Å². The Bertz CT molecular complexity index is 516. The molecule has 1 unspecified atom stereocenters. The van der Waals surface area contributed by atoms with E-state index < -0.39 is 5.97 Å². The summed E-state index contributed by atoms with van der Waals surface area (Å²) in [5, 5.41) is 8.65. The second-order valence-corrected chi connectivity index (χ2v) is 5.57. The number of benzene rings is 1. The topological polar surface area (TPSA) is 49.8 Å². The minimum Gasteiger partial charge on any atom is -0.478 e. The average Bonchev–Trinajstić information content (AvgIpc) is 2.45. The molecule has 1 atom stereocenters. The number of halogens is 1. The highest BCUT2D eigenvalue weighted by atomic mass is 79.9. The first-order valence-corrected chi connectivity index (χ1v) is 7.46. The van der Waals surface area contributed by atoms with Gasteiger partial charge in [0.2, 0.25) is 0 Å². The first-order valence-electron chi connectivity index (χ1n) is 6.66. The molecule has 5 heteroatoms. The Hall–Kier alpha value is -1.33. The van der Waals surface area contributed by atoms with Crippen LogP contribution in [0.4, 0.5) is 5.69 Å². The van der Waals surface area contributed by atoms with Gasteiger partial charge in [-0.2, -0.15) is 0 Å². The zero-order valence-electron chi connectivity index (χ0n) is 11.4. The van der Waals surface area contributed by atoms with Gasteiger partial charge in [0.1, 0.15) is 0 Å². The van der Waals surface area contributed by atoms with Crippen LogP contribution in [-0.4, -0.2) is 36.9 Å². The number of nitrogens with zero attached hydrogens (tertiary/aromatic N) is 1. The highest BCUT2D eigenvalue weighted by Gasteiger charge is 2.23. The van der Waals surface area contributed by atoms with Crippen LogP contribution < -0.4 is 4.90 Å². The Labute approximate surface area is 127 Å². The van der Waals surface area contributed by atoms with Gasteiger partial charge in [0, 0.05) is 17.1 Å². The molecule has 2 rings (SSSR count). The lowest BCUT2D eigenvalue weighted by molar-refractivity contribution is -0.131. The van der Waals surface area contributed by atoms with Crippen LogP contribution >= 0.6 is 15.9 Å². The van der Waals surface area contributed by atoms with Crippen molar-refractivity contribution >= 4 is 33.7 Å². The molecule has 0 aliphatic carbocycles. The number of hydrogen-bond donors (Lipinski definition) is 1. The molecule has 1 saturated heterocycles. The predicted molar refractivity (Wildman–Crippen MR) is 83.1 cm³/mol. The second kappa shape index (κ2) is 6.90. The fourth-order valence-electron chi connectivity index (χ4n) is 2.34. The van der Waals surface area contributed by atoms with Gasteiger partial charge < -0.3 is 14.7 Å². The Morgan fingerprint density at radius 3 is 3.05 bits per heavy atom. The quantitative estimate of drug-likeness (QED) is 0.856. The lowest BCUT2D eigenvalue weighted by Gasteiger charge is -2.37. The third kappa shape index (κ3) is 3.61. The van der Waals surface area contributed by atoms with E-state index in [1.807, 2.05) is 18.2 Å². The van der Waals surface area contributed by atoms with E-state index >= 15 is 0 Å². The van der Waals surface area contributed by atoms with Gasteiger partial charge in [-0.05, 0) is 46.1 Å². The van der Waals surface area contributed by atoms with Crippen LogP contribution in [0.25, 0.3) is 6.08 Å². The third-order valence-electron chi connectivity index (χ3n) is 3.40. The van der Waals surface area contributed by atoms with Crippen LogP contribution in [0.2, 0.25) is 0 Å². The van der Waals surface area contributed by atoms with Gasteiger partial charge in [-0.25, -0.2) is 4.79 Å². The number of anilines is 1. The van der Waals surface area contributed by atoms with E-state index in [0.29, 0.717) is 6.04 Å². The summed E-state index contributed by atoms with van der Waals surface area (Å²) >= 11 is 3.58. The van der Waals surface area contributed by atoms with Crippen molar-refractivity contribution in [3.8, 4) is 0 Å². The van der Waals surface area contributed by atoms with Gasteiger partial charge in [-0.15, -0.1) is 0 Å². The fraction of sp³-hybridized carbons (Fsp3) is 0.400. The van der Waals surface area contributed by atoms with Gasteiger partial charge in [-0.3, -0.25) is 0 Å². The van der Waals surface area contributed by atoms with Crippen LogP contribution in [0.1, 0.15) is 18.9 Å². The number of hydrogen-bond acceptors (Lipinski definition) is 3. The van der Waals surface area contributed by atoms with Crippen molar-refractivity contribution in [2.24, 2.45) is 0 Å². The lowest BCUT2D eigenvalue weighted by Crippen LogP contribution is -2.45. The number of morpholine rings is 1. The third-order valence-corrected chi connectivity index (χ3v) is 4.03. The largest absolute Gasteiger partial charge is 0.478 e. The van der Waals surface area contributed by atoms with E-state index in [0.717, 1.165) is 48.0 Å². The minimum atomic E-state index is -0.940. The smallest absolute Gasteiger partial charge is 0.328 e. The maximum Gasteiger partial charge on any atom is 0.328 e. The number of ether oxygens (including phenoxy) is 1. The molecule has 4 nitrogen and oxygen atoms in total. The summed E-state index contributed by atoms with van der Waals surface area (Å²) in [7, 11) is 0. The summed E-state index contributed by atoms with van der Waals surface area (Å²) in [6.07, 6.45) is 3.77. The summed E-state index contributed by atoms with van der Waals surface area (Å²) in [4.78, 5) is 12.9. The Morgan fingerprint density at radius 2 is 2.40 bits per heavy atom. The normalized spacial score (nSPS) is 19.5. The van der Waals surface area contributed by atoms with E-state index in [1.165, 1.54) is 0 Å². The average molecular weight is 340 g/mol. The molecule has 108 valence electrons. The standard InChI is InChI=1S/C15H18BrNO3/c1-2-12-10-20-8-7-17(12)14-5-3-11(9-13(14)16)4-6-15(18)19/h3-6,9,12H,2,7-8,10H2,1H3,(H,18,19)/b6-4+. The molecule has 1 heterocycles. The molecule has 0 spiro atoms. The Morgan fingerprint density at radius 1 is 1.60 bits per heavy atom. The van der Waals surface area contributed by atoms with Gasteiger partial charge in [0.05, 0.1) is 24.9 Å². The maximum atomic E-state index is 10.5. The summed E-state index contributed by atoms with van der Waals surface area (Å²) in [5.74, 6) is -0.940. The van der Waals surface area contributed by atoms with E-state index in [1.54, 1.807) is 6.08 Å². The van der Waals surface area contributed by atoms with E-state index in [4.69, 9.17) is 9.84 Å². The molecule has 1 aromatic carbocycles. The molecule has 0 bridgehead atoms. The monoisotopic (exact) mass is 339 g/mol. The Balaban J connectivity index is 2.22. The number of carbonyl (C=O) groups is 1. The number of aliphatic carboxylic acids is 1. The fourth-order valence-corrected chi connectivity index (χ4v) is 2.96. The minimum absolute atomic E-state index is 0.389. The van der Waals surface area contributed by atoms with E-state index in [9.17, 15) is 4.79 Å². The van der Waals surface area contributed by atoms with Crippen molar-refractivity contribution in [1.29, 1.82) is 0 Å². The van der Waals surface area contributed by atoms with Gasteiger partial charge in [0.25, 0.3) is 0 Å². The zero-order valence-corrected chi connectivity index (χ0v) is 13.0.